The van der Waals surface area contributed by atoms with Crippen molar-refractivity contribution in [2.45, 2.75) is 20.3 Å². The molecule has 0 aromatic heterocycles. The van der Waals surface area contributed by atoms with Crippen molar-refractivity contribution in [1.29, 1.82) is 0 Å². The standard InChI is InChI=1S/C14H20N2O2/c1-4-5-6-8-12-11(2)13(17)16(14(12)18)10-7-9-15-3/h4-6,8,15H,7,9-10H2,1-3H3/b5-4-,8-6-. The van der Waals surface area contributed by atoms with Crippen LogP contribution in [-0.4, -0.2) is 36.9 Å². The van der Waals surface area contributed by atoms with Gasteiger partial charge >= 0.3 is 0 Å². The van der Waals surface area contributed by atoms with E-state index in [9.17, 15) is 9.59 Å². The third kappa shape index (κ3) is 3.17. The number of carbonyl (C=O) groups is 2. The van der Waals surface area contributed by atoms with E-state index in [1.807, 2.05) is 26.1 Å². The molecule has 4 nitrogen and oxygen atoms in total. The van der Waals surface area contributed by atoms with Gasteiger partial charge in [0.2, 0.25) is 0 Å². The van der Waals surface area contributed by atoms with Gasteiger partial charge in [0.05, 0.1) is 0 Å². The van der Waals surface area contributed by atoms with Gasteiger partial charge in [0, 0.05) is 17.7 Å². The van der Waals surface area contributed by atoms with Crippen LogP contribution in [0.15, 0.2) is 35.5 Å². The minimum absolute atomic E-state index is 0.170. The van der Waals surface area contributed by atoms with E-state index in [0.717, 1.165) is 13.0 Å². The van der Waals surface area contributed by atoms with Gasteiger partial charge in [-0.3, -0.25) is 14.5 Å². The van der Waals surface area contributed by atoms with Crippen LogP contribution in [0.5, 0.6) is 0 Å². The molecule has 0 spiro atoms. The van der Waals surface area contributed by atoms with E-state index in [4.69, 9.17) is 0 Å². The Morgan fingerprint density at radius 1 is 1.22 bits per heavy atom. The van der Waals surface area contributed by atoms with Gasteiger partial charge in [-0.25, -0.2) is 0 Å². The van der Waals surface area contributed by atoms with Crippen LogP contribution in [0, 0.1) is 0 Å². The lowest BCUT2D eigenvalue weighted by atomic mass is 10.1. The summed E-state index contributed by atoms with van der Waals surface area (Å²) < 4.78 is 0. The van der Waals surface area contributed by atoms with Crippen molar-refractivity contribution in [3.63, 3.8) is 0 Å². The third-order valence-corrected chi connectivity index (χ3v) is 2.82. The molecule has 0 radical (unpaired) electrons. The molecule has 1 heterocycles. The van der Waals surface area contributed by atoms with Gasteiger partial charge in [0.1, 0.15) is 0 Å². The second-order valence-electron chi connectivity index (χ2n) is 4.14. The highest BCUT2D eigenvalue weighted by Crippen LogP contribution is 2.21. The maximum Gasteiger partial charge on any atom is 0.261 e. The van der Waals surface area contributed by atoms with Crippen molar-refractivity contribution in [3.8, 4) is 0 Å². The van der Waals surface area contributed by atoms with E-state index in [-0.39, 0.29) is 11.8 Å². The molecule has 0 saturated heterocycles. The molecule has 98 valence electrons. The summed E-state index contributed by atoms with van der Waals surface area (Å²) in [7, 11) is 1.85. The quantitative estimate of drug-likeness (QED) is 0.439. The molecule has 4 heteroatoms. The van der Waals surface area contributed by atoms with Gasteiger partial charge in [0.25, 0.3) is 11.8 Å². The molecule has 2 amide bonds. The molecule has 0 aromatic rings. The predicted octanol–water partition coefficient (Wildman–Crippen LogP) is 1.41. The fourth-order valence-electron chi connectivity index (χ4n) is 1.79. The Bertz CT molecular complexity index is 420. The van der Waals surface area contributed by atoms with Crippen molar-refractivity contribution in [2.75, 3.05) is 20.1 Å². The Morgan fingerprint density at radius 3 is 2.56 bits per heavy atom. The van der Waals surface area contributed by atoms with Gasteiger partial charge in [-0.05, 0) is 39.9 Å². The maximum atomic E-state index is 12.1. The molecule has 1 aliphatic heterocycles. The lowest BCUT2D eigenvalue weighted by Crippen LogP contribution is -2.33. The molecule has 0 aromatic carbocycles. The van der Waals surface area contributed by atoms with Gasteiger partial charge in [-0.2, -0.15) is 0 Å². The van der Waals surface area contributed by atoms with E-state index in [0.29, 0.717) is 17.7 Å². The van der Waals surface area contributed by atoms with Crippen LogP contribution >= 0.6 is 0 Å². The number of amides is 2. The van der Waals surface area contributed by atoms with Crippen molar-refractivity contribution in [1.82, 2.24) is 10.2 Å². The fraction of sp³-hybridized carbons (Fsp3) is 0.429. The Balaban J connectivity index is 2.75. The average molecular weight is 248 g/mol. The molecule has 0 aliphatic carbocycles. The van der Waals surface area contributed by atoms with Gasteiger partial charge < -0.3 is 5.32 Å². The van der Waals surface area contributed by atoms with E-state index in [1.165, 1.54) is 4.90 Å². The van der Waals surface area contributed by atoms with E-state index in [2.05, 4.69) is 5.32 Å². The first-order valence-corrected chi connectivity index (χ1v) is 6.14. The van der Waals surface area contributed by atoms with Gasteiger partial charge in [0.15, 0.2) is 0 Å². The zero-order chi connectivity index (χ0) is 13.5. The second-order valence-corrected chi connectivity index (χ2v) is 4.14. The predicted molar refractivity (Wildman–Crippen MR) is 71.9 cm³/mol. The molecule has 0 saturated carbocycles. The molecule has 1 rings (SSSR count). The number of hydrogen-bond acceptors (Lipinski definition) is 3. The number of nitrogens with one attached hydrogen (secondary N) is 1. The van der Waals surface area contributed by atoms with Crippen molar-refractivity contribution < 1.29 is 9.59 Å². The Labute approximate surface area is 108 Å². The first kappa shape index (κ1) is 14.4. The van der Waals surface area contributed by atoms with Crippen molar-refractivity contribution >= 4 is 11.8 Å². The minimum atomic E-state index is -0.186. The first-order chi connectivity index (χ1) is 8.63. The fourth-order valence-corrected chi connectivity index (χ4v) is 1.79. The number of imide groups is 1. The van der Waals surface area contributed by atoms with E-state index >= 15 is 0 Å². The van der Waals surface area contributed by atoms with Crippen LogP contribution in [0.1, 0.15) is 20.3 Å². The Hall–Kier alpha value is -1.68. The highest BCUT2D eigenvalue weighted by Gasteiger charge is 2.33. The number of carbonyl (C=O) groups excluding carboxylic acids is 2. The summed E-state index contributed by atoms with van der Waals surface area (Å²) in [6.07, 6.45) is 7.96. The van der Waals surface area contributed by atoms with Crippen LogP contribution in [0.25, 0.3) is 0 Å². The van der Waals surface area contributed by atoms with Crippen LogP contribution in [-0.2, 0) is 9.59 Å². The van der Waals surface area contributed by atoms with Crippen LogP contribution in [0.3, 0.4) is 0 Å². The highest BCUT2D eigenvalue weighted by atomic mass is 16.2. The number of rotatable bonds is 6. The number of allylic oxidation sites excluding steroid dienone is 3. The van der Waals surface area contributed by atoms with Crippen molar-refractivity contribution in [2.24, 2.45) is 0 Å². The van der Waals surface area contributed by atoms with E-state index < -0.39 is 0 Å². The lowest BCUT2D eigenvalue weighted by molar-refractivity contribution is -0.137. The molecule has 18 heavy (non-hydrogen) atoms. The molecule has 1 aliphatic rings. The number of nitrogens with zero attached hydrogens (tertiary/aromatic N) is 1. The SMILES string of the molecule is C/C=C\C=C/C1=C(C)C(=O)N(CCCNC)C1=O. The zero-order valence-electron chi connectivity index (χ0n) is 11.2. The zero-order valence-corrected chi connectivity index (χ0v) is 11.2. The normalized spacial score (nSPS) is 16.9. The third-order valence-electron chi connectivity index (χ3n) is 2.82. The molecular weight excluding hydrogens is 228 g/mol. The summed E-state index contributed by atoms with van der Waals surface area (Å²) in [5, 5.41) is 3.00. The molecule has 0 bridgehead atoms. The van der Waals surface area contributed by atoms with Crippen LogP contribution < -0.4 is 5.32 Å². The molecule has 0 fully saturated rings. The molecule has 0 atom stereocenters. The molecular formula is C14H20N2O2. The second kappa shape index (κ2) is 6.91. The topological polar surface area (TPSA) is 49.4 Å². The first-order valence-electron chi connectivity index (χ1n) is 6.14. The molecule has 0 unspecified atom stereocenters. The Morgan fingerprint density at radius 2 is 1.94 bits per heavy atom. The minimum Gasteiger partial charge on any atom is -0.320 e. The van der Waals surface area contributed by atoms with Gasteiger partial charge in [-0.1, -0.05) is 18.2 Å². The largest absolute Gasteiger partial charge is 0.320 e. The summed E-state index contributed by atoms with van der Waals surface area (Å²) in [6, 6.07) is 0. The van der Waals surface area contributed by atoms with Crippen LogP contribution in [0.2, 0.25) is 0 Å². The molecule has 1 N–H and O–H groups in total. The summed E-state index contributed by atoms with van der Waals surface area (Å²) >= 11 is 0. The smallest absolute Gasteiger partial charge is 0.261 e. The summed E-state index contributed by atoms with van der Waals surface area (Å²) in [6.45, 7) is 4.86. The van der Waals surface area contributed by atoms with Crippen molar-refractivity contribution in [3.05, 3.63) is 35.5 Å². The highest BCUT2D eigenvalue weighted by molar-refractivity contribution is 6.20. The van der Waals surface area contributed by atoms with Crippen LogP contribution in [0.4, 0.5) is 0 Å². The maximum absolute atomic E-state index is 12.1. The van der Waals surface area contributed by atoms with E-state index in [1.54, 1.807) is 19.1 Å². The summed E-state index contributed by atoms with van der Waals surface area (Å²) in [5.74, 6) is -0.356. The monoisotopic (exact) mass is 248 g/mol. The Kier molecular flexibility index (Phi) is 5.52. The van der Waals surface area contributed by atoms with Gasteiger partial charge in [-0.15, -0.1) is 0 Å². The number of hydrogen-bond donors (Lipinski definition) is 1. The summed E-state index contributed by atoms with van der Waals surface area (Å²) in [5.41, 5.74) is 1.03. The summed E-state index contributed by atoms with van der Waals surface area (Å²) in [4.78, 5) is 25.3. The lowest BCUT2D eigenvalue weighted by Gasteiger charge is -2.14. The average Bonchev–Trinajstić information content (AvgIpc) is 2.56.